The SMILES string of the molecule is F[Si-2](F)(F)(F)(F)F.N/[NH+]=C(\N)[NH3+]. The van der Waals surface area contributed by atoms with Crippen LogP contribution in [0.2, 0.25) is 0 Å². The molecule has 0 aliphatic carbocycles. The molecular formula is CH8F6N4Si. The van der Waals surface area contributed by atoms with Crippen LogP contribution >= 0.6 is 0 Å². The first-order valence-corrected chi connectivity index (χ1v) is 4.58. The molecule has 0 fully saturated rings. The van der Waals surface area contributed by atoms with Gasteiger partial charge in [0.15, 0.2) is 0 Å². The third-order valence-corrected chi connectivity index (χ3v) is 0.185. The van der Waals surface area contributed by atoms with Gasteiger partial charge in [-0.25, -0.2) is 5.73 Å². The minimum atomic E-state index is -10.8. The van der Waals surface area contributed by atoms with Crippen LogP contribution in [0, 0.1) is 0 Å². The van der Waals surface area contributed by atoms with Crippen LogP contribution in [0.3, 0.4) is 0 Å². The third-order valence-electron chi connectivity index (χ3n) is 0.185. The summed E-state index contributed by atoms with van der Waals surface area (Å²) < 4.78 is 59.3. The van der Waals surface area contributed by atoms with Gasteiger partial charge in [0.05, 0.1) is 0 Å². The molecule has 0 bridgehead atoms. The maximum absolute atomic E-state index is 10.8. The van der Waals surface area contributed by atoms with E-state index in [2.05, 4.69) is 10.8 Å². The summed E-state index contributed by atoms with van der Waals surface area (Å²) >= 11 is 0. The van der Waals surface area contributed by atoms with E-state index in [1.165, 1.54) is 0 Å². The zero-order valence-corrected chi connectivity index (χ0v) is 6.63. The average Bonchev–Trinajstić information content (AvgIpc) is 1.56. The zero-order chi connectivity index (χ0) is 10.7. The summed E-state index contributed by atoms with van der Waals surface area (Å²) in [6.45, 7) is 0. The fraction of sp³-hybridized carbons (Fsp3) is 0. The van der Waals surface area contributed by atoms with Gasteiger partial charge in [0.1, 0.15) is 0 Å². The number of halogens is 6. The molecule has 0 aromatic rings. The first-order chi connectivity index (χ1) is 4.72. The molecule has 78 valence electrons. The molecule has 0 saturated heterocycles. The van der Waals surface area contributed by atoms with Gasteiger partial charge in [-0.1, -0.05) is 0 Å². The molecule has 0 heterocycles. The summed E-state index contributed by atoms with van der Waals surface area (Å²) in [4.78, 5) is 0. The first-order valence-electron chi connectivity index (χ1n) is 2.31. The number of hydrogen-bond donors (Lipinski definition) is 4. The van der Waals surface area contributed by atoms with E-state index in [4.69, 9.17) is 11.6 Å². The molecule has 0 aliphatic heterocycles. The quantitative estimate of drug-likeness (QED) is 0.0696. The number of quaternary nitrogens is 1. The second-order valence-corrected chi connectivity index (χ2v) is 3.88. The van der Waals surface area contributed by atoms with Crippen molar-refractivity contribution in [2.75, 3.05) is 0 Å². The van der Waals surface area contributed by atoms with Gasteiger partial charge < -0.3 is 0 Å². The largest absolute Gasteiger partial charge is 0.457 e. The molecule has 0 rings (SSSR count). The Bertz CT molecular complexity index is 159. The second-order valence-electron chi connectivity index (χ2n) is 1.74. The van der Waals surface area contributed by atoms with Gasteiger partial charge in [-0.15, -0.1) is 5.10 Å². The number of hydrazone groups is 1. The Morgan fingerprint density at radius 2 is 1.17 bits per heavy atom. The van der Waals surface area contributed by atoms with Crippen molar-refractivity contribution in [3.8, 4) is 0 Å². The summed E-state index contributed by atoms with van der Waals surface area (Å²) in [6, 6.07) is 0. The predicted molar refractivity (Wildman–Crippen MR) is 29.6 cm³/mol. The van der Waals surface area contributed by atoms with Crippen molar-refractivity contribution >= 4 is 14.6 Å². The maximum Gasteiger partial charge on any atom is 0.457 e. The topological polar surface area (TPSA) is 93.7 Å². The van der Waals surface area contributed by atoms with Crippen LogP contribution in [-0.2, 0) is 0 Å². The zero-order valence-electron chi connectivity index (χ0n) is 5.63. The van der Waals surface area contributed by atoms with Gasteiger partial charge in [0, 0.05) is 0 Å². The van der Waals surface area contributed by atoms with Crippen molar-refractivity contribution in [1.82, 2.24) is 0 Å². The summed E-state index contributed by atoms with van der Waals surface area (Å²) in [5, 5.41) is 2.11. The van der Waals surface area contributed by atoms with Crippen LogP contribution in [0.5, 0.6) is 0 Å². The molecule has 0 radical (unpaired) electrons. The Hall–Kier alpha value is -0.973. The molecule has 0 aromatic carbocycles. The standard InChI is InChI=1S/CH6N4.F6Si/c2-1(3)5-4;1-7(2,3,4,5)6/h4H2,(H4,2,3,5);/q;-2/p+2. The molecule has 0 atom stereocenters. The summed E-state index contributed by atoms with van der Waals surface area (Å²) in [6.07, 6.45) is 0. The molecular weight excluding hydrogens is 210 g/mol. The van der Waals surface area contributed by atoms with Crippen LogP contribution in [0.4, 0.5) is 24.6 Å². The van der Waals surface area contributed by atoms with E-state index in [0.29, 0.717) is 0 Å². The van der Waals surface area contributed by atoms with Crippen molar-refractivity contribution in [2.45, 2.75) is 0 Å². The number of hydrazine groups is 1. The van der Waals surface area contributed by atoms with Crippen molar-refractivity contribution in [3.05, 3.63) is 0 Å². The third kappa shape index (κ3) is 552. The maximum atomic E-state index is 9.88. The molecule has 0 spiro atoms. The van der Waals surface area contributed by atoms with E-state index < -0.39 is 8.63 Å². The Balaban J connectivity index is 0. The fourth-order valence-corrected chi connectivity index (χ4v) is 0. The molecule has 0 aromatic heterocycles. The van der Waals surface area contributed by atoms with Gasteiger partial charge in [-0.3, -0.25) is 11.6 Å². The molecule has 0 amide bonds. The van der Waals surface area contributed by atoms with Gasteiger partial charge in [-0.2, -0.15) is 0 Å². The van der Waals surface area contributed by atoms with Crippen LogP contribution in [-0.4, -0.2) is 14.6 Å². The Morgan fingerprint density at radius 3 is 1.17 bits per heavy atom. The van der Waals surface area contributed by atoms with Gasteiger partial charge in [0.2, 0.25) is 0 Å². The predicted octanol–water partition coefficient (Wildman–Crippen LogP) is -2.36. The first kappa shape index (κ1) is 13.6. The molecule has 11 heteroatoms. The minimum absolute atomic E-state index is 0.282. The molecule has 4 nitrogen and oxygen atoms in total. The van der Waals surface area contributed by atoms with Crippen LogP contribution < -0.4 is 22.4 Å². The molecule has 0 unspecified atom stereocenters. The van der Waals surface area contributed by atoms with E-state index in [-0.39, 0.29) is 5.96 Å². The number of rotatable bonds is 0. The van der Waals surface area contributed by atoms with E-state index >= 15 is 0 Å². The van der Waals surface area contributed by atoms with Crippen molar-refractivity contribution in [3.63, 3.8) is 0 Å². The smallest absolute Gasteiger partial charge is 0.271 e. The molecule has 12 heavy (non-hydrogen) atoms. The average molecular weight is 218 g/mol. The second kappa shape index (κ2) is 2.51. The molecule has 0 aliphatic rings. The monoisotopic (exact) mass is 218 g/mol. The van der Waals surface area contributed by atoms with Crippen LogP contribution in [0.1, 0.15) is 0 Å². The number of guanidine groups is 1. The Morgan fingerprint density at radius 1 is 1.08 bits per heavy atom. The number of hydrogen-bond acceptors (Lipinski definition) is 1. The van der Waals surface area contributed by atoms with E-state index in [9.17, 15) is 24.6 Å². The van der Waals surface area contributed by atoms with Crippen molar-refractivity contribution < 1.29 is 35.5 Å². The van der Waals surface area contributed by atoms with Crippen LogP contribution in [0.25, 0.3) is 0 Å². The molecule has 0 saturated carbocycles. The Kier molecular flexibility index (Phi) is 2.85. The Labute approximate surface area is 62.9 Å². The van der Waals surface area contributed by atoms with E-state index in [1.807, 2.05) is 0 Å². The molecule has 8 N–H and O–H groups in total. The fourth-order valence-electron chi connectivity index (χ4n) is 0. The number of nitrogens with two attached hydrogens (primary N) is 2. The van der Waals surface area contributed by atoms with Gasteiger partial charge >= 0.3 is 39.2 Å². The van der Waals surface area contributed by atoms with E-state index in [1.54, 1.807) is 0 Å². The van der Waals surface area contributed by atoms with Crippen molar-refractivity contribution in [1.29, 1.82) is 0 Å². The summed E-state index contributed by atoms with van der Waals surface area (Å²) in [5.74, 6) is 4.98. The van der Waals surface area contributed by atoms with Crippen molar-refractivity contribution in [2.24, 2.45) is 11.6 Å². The summed E-state index contributed by atoms with van der Waals surface area (Å²) in [7, 11) is -10.8. The normalized spacial score (nSPS) is 18.4. The summed E-state index contributed by atoms with van der Waals surface area (Å²) in [5.41, 5.74) is 8.08. The minimum Gasteiger partial charge on any atom is -0.271 e. The number of nitrogens with one attached hydrogen (secondary N) is 1. The van der Waals surface area contributed by atoms with Gasteiger partial charge in [-0.05, 0) is 0 Å². The van der Waals surface area contributed by atoms with Crippen LogP contribution in [0.15, 0.2) is 0 Å². The van der Waals surface area contributed by atoms with Gasteiger partial charge in [0.25, 0.3) is 0 Å². The van der Waals surface area contributed by atoms with E-state index in [0.717, 1.165) is 0 Å².